The molecule has 0 amide bonds. The molecule has 0 aromatic heterocycles. The first-order valence-corrected chi connectivity index (χ1v) is 17.3. The van der Waals surface area contributed by atoms with Crippen LogP contribution in [0.3, 0.4) is 0 Å². The van der Waals surface area contributed by atoms with Crippen molar-refractivity contribution < 1.29 is 4.74 Å². The summed E-state index contributed by atoms with van der Waals surface area (Å²) in [5.74, 6) is 0. The topological polar surface area (TPSA) is 9.23 Å². The molecule has 31 heavy (non-hydrogen) atoms. The highest BCUT2D eigenvalue weighted by Gasteiger charge is 2.49. The van der Waals surface area contributed by atoms with Gasteiger partial charge in [-0.15, -0.1) is 0 Å². The van der Waals surface area contributed by atoms with E-state index in [9.17, 15) is 0 Å². The van der Waals surface area contributed by atoms with Crippen LogP contribution in [0.15, 0.2) is 60.2 Å². The SMILES string of the molecule is C[Si](C)CCC1=Cc2ccccc2C1[Si](C)(COC(C)(C)C)C1C=Cc2ccccc21. The summed E-state index contributed by atoms with van der Waals surface area (Å²) in [5, 5.41) is 0. The smallest absolute Gasteiger partial charge is 0.103 e. The summed E-state index contributed by atoms with van der Waals surface area (Å²) >= 11 is 0. The zero-order chi connectivity index (χ0) is 22.2. The van der Waals surface area contributed by atoms with Crippen LogP contribution >= 0.6 is 0 Å². The molecule has 2 aromatic carbocycles. The van der Waals surface area contributed by atoms with Crippen LogP contribution in [0.5, 0.6) is 0 Å². The fourth-order valence-electron chi connectivity index (χ4n) is 5.33. The minimum absolute atomic E-state index is 0.124. The lowest BCUT2D eigenvalue weighted by Gasteiger charge is -2.42. The van der Waals surface area contributed by atoms with Crippen molar-refractivity contribution >= 4 is 29.0 Å². The lowest BCUT2D eigenvalue weighted by Crippen LogP contribution is -2.51. The average Bonchev–Trinajstić information content (AvgIpc) is 3.32. The van der Waals surface area contributed by atoms with Gasteiger partial charge in [-0.05, 0) is 49.4 Å². The summed E-state index contributed by atoms with van der Waals surface area (Å²) in [6.07, 6.45) is 9.49. The highest BCUT2D eigenvalue weighted by molar-refractivity contribution is 6.82. The molecule has 4 rings (SSSR count). The number of hydrogen-bond donors (Lipinski definition) is 0. The number of fused-ring (bicyclic) bond motifs is 2. The van der Waals surface area contributed by atoms with Gasteiger partial charge in [0.15, 0.2) is 0 Å². The average molecular weight is 446 g/mol. The Morgan fingerprint density at radius 3 is 2.26 bits per heavy atom. The first-order valence-electron chi connectivity index (χ1n) is 11.7. The molecule has 0 bridgehead atoms. The van der Waals surface area contributed by atoms with Crippen LogP contribution in [0.2, 0.25) is 25.7 Å². The Kier molecular flexibility index (Phi) is 6.31. The number of hydrogen-bond acceptors (Lipinski definition) is 1. The molecule has 0 aliphatic heterocycles. The van der Waals surface area contributed by atoms with E-state index in [2.05, 4.69) is 107 Å². The lowest BCUT2D eigenvalue weighted by atomic mass is 10.1. The molecule has 2 aliphatic rings. The van der Waals surface area contributed by atoms with E-state index < -0.39 is 8.07 Å². The highest BCUT2D eigenvalue weighted by atomic mass is 28.3. The molecule has 0 fully saturated rings. The Balaban J connectivity index is 1.80. The van der Waals surface area contributed by atoms with E-state index >= 15 is 0 Å². The Morgan fingerprint density at radius 2 is 1.58 bits per heavy atom. The third-order valence-electron chi connectivity index (χ3n) is 6.92. The summed E-state index contributed by atoms with van der Waals surface area (Å²) in [7, 11) is -2.25. The Hall–Kier alpha value is -1.69. The quantitative estimate of drug-likeness (QED) is 0.398. The maximum Gasteiger partial charge on any atom is 0.103 e. The molecule has 0 heterocycles. The van der Waals surface area contributed by atoms with Gasteiger partial charge in [-0.3, -0.25) is 0 Å². The monoisotopic (exact) mass is 445 g/mol. The molecular formula is C28H37OSi2. The molecular weight excluding hydrogens is 408 g/mol. The van der Waals surface area contributed by atoms with E-state index in [1.807, 2.05) is 0 Å². The summed E-state index contributed by atoms with van der Waals surface area (Å²) < 4.78 is 6.63. The van der Waals surface area contributed by atoms with E-state index in [1.54, 1.807) is 11.1 Å². The first-order chi connectivity index (χ1) is 14.7. The van der Waals surface area contributed by atoms with Crippen molar-refractivity contribution in [3.63, 3.8) is 0 Å². The van der Waals surface area contributed by atoms with Crippen molar-refractivity contribution in [2.24, 2.45) is 0 Å². The van der Waals surface area contributed by atoms with Crippen molar-refractivity contribution in [3.05, 3.63) is 82.4 Å². The molecule has 1 radical (unpaired) electrons. The Morgan fingerprint density at radius 1 is 0.935 bits per heavy atom. The van der Waals surface area contributed by atoms with Gasteiger partial charge in [0.05, 0.1) is 5.60 Å². The zero-order valence-electron chi connectivity index (χ0n) is 20.0. The molecule has 3 heteroatoms. The maximum absolute atomic E-state index is 6.63. The van der Waals surface area contributed by atoms with Crippen LogP contribution in [0.25, 0.3) is 12.2 Å². The van der Waals surface area contributed by atoms with Gasteiger partial charge in [0, 0.05) is 26.1 Å². The van der Waals surface area contributed by atoms with Crippen molar-refractivity contribution in [2.45, 2.75) is 69.6 Å². The zero-order valence-corrected chi connectivity index (χ0v) is 22.0. The van der Waals surface area contributed by atoms with Crippen LogP contribution in [-0.4, -0.2) is 28.7 Å². The van der Waals surface area contributed by atoms with Gasteiger partial charge in [-0.25, -0.2) is 0 Å². The number of rotatable bonds is 7. The standard InChI is InChI=1S/C28H37OSi2/c1-28(2,3)29-20-31(6,26-16-15-21-11-7-9-13-24(21)26)27-23(17-18-30(4)5)19-22-12-8-10-14-25(22)27/h7-16,19,26-27H,17-18,20H2,1-6H3. The largest absolute Gasteiger partial charge is 0.379 e. The minimum Gasteiger partial charge on any atom is -0.379 e. The van der Waals surface area contributed by atoms with E-state index in [0.717, 1.165) is 6.23 Å². The van der Waals surface area contributed by atoms with Crippen molar-refractivity contribution in [1.82, 2.24) is 0 Å². The summed E-state index contributed by atoms with van der Waals surface area (Å²) in [6.45, 7) is 14.1. The first kappa shape index (κ1) is 22.5. The van der Waals surface area contributed by atoms with Gasteiger partial charge < -0.3 is 4.74 Å². The highest BCUT2D eigenvalue weighted by Crippen LogP contribution is 2.51. The van der Waals surface area contributed by atoms with E-state index in [4.69, 9.17) is 4.74 Å². The molecule has 0 saturated heterocycles. The number of ether oxygens (including phenoxy) is 1. The normalized spacial score (nSPS) is 21.7. The van der Waals surface area contributed by atoms with Gasteiger partial charge in [0.25, 0.3) is 0 Å². The fourth-order valence-corrected chi connectivity index (χ4v) is 11.1. The van der Waals surface area contributed by atoms with Crippen molar-refractivity contribution in [1.29, 1.82) is 0 Å². The van der Waals surface area contributed by atoms with Gasteiger partial charge in [0.1, 0.15) is 8.07 Å². The van der Waals surface area contributed by atoms with Gasteiger partial charge in [0.2, 0.25) is 0 Å². The third kappa shape index (κ3) is 4.60. The van der Waals surface area contributed by atoms with Gasteiger partial charge in [-0.1, -0.05) is 98.0 Å². The minimum atomic E-state index is -2.00. The molecule has 0 spiro atoms. The molecule has 2 aliphatic carbocycles. The van der Waals surface area contributed by atoms with E-state index in [-0.39, 0.29) is 14.4 Å². The summed E-state index contributed by atoms with van der Waals surface area (Å²) in [6, 6.07) is 19.5. The van der Waals surface area contributed by atoms with Crippen LogP contribution in [0.1, 0.15) is 60.5 Å². The van der Waals surface area contributed by atoms with Crippen LogP contribution < -0.4 is 0 Å². The van der Waals surface area contributed by atoms with E-state index in [0.29, 0.717) is 11.1 Å². The Labute approximate surface area is 191 Å². The molecule has 0 saturated carbocycles. The number of benzene rings is 2. The number of allylic oxidation sites excluding steroid dienone is 2. The second-order valence-electron chi connectivity index (χ2n) is 10.9. The van der Waals surface area contributed by atoms with Crippen molar-refractivity contribution in [2.75, 3.05) is 6.23 Å². The van der Waals surface area contributed by atoms with Crippen LogP contribution in [0.4, 0.5) is 0 Å². The maximum atomic E-state index is 6.63. The Bertz CT molecular complexity index is 998. The second-order valence-corrected chi connectivity index (χ2v) is 18.3. The molecule has 3 atom stereocenters. The van der Waals surface area contributed by atoms with Crippen LogP contribution in [-0.2, 0) is 4.74 Å². The van der Waals surface area contributed by atoms with Crippen molar-refractivity contribution in [3.8, 4) is 0 Å². The predicted molar refractivity (Wildman–Crippen MR) is 140 cm³/mol. The third-order valence-corrected chi connectivity index (χ3v) is 12.9. The summed E-state index contributed by atoms with van der Waals surface area (Å²) in [4.78, 5) is 0. The van der Waals surface area contributed by atoms with Crippen LogP contribution in [0, 0.1) is 0 Å². The molecule has 0 N–H and O–H groups in total. The molecule has 2 aromatic rings. The van der Waals surface area contributed by atoms with E-state index in [1.165, 1.54) is 29.2 Å². The summed E-state index contributed by atoms with van der Waals surface area (Å²) in [5.41, 5.74) is 8.43. The molecule has 163 valence electrons. The lowest BCUT2D eigenvalue weighted by molar-refractivity contribution is 0.0210. The predicted octanol–water partition coefficient (Wildman–Crippen LogP) is 7.63. The second kappa shape index (κ2) is 8.69. The fraction of sp³-hybridized carbons (Fsp3) is 0.429. The molecule has 3 unspecified atom stereocenters. The van der Waals surface area contributed by atoms with Gasteiger partial charge in [-0.2, -0.15) is 0 Å². The van der Waals surface area contributed by atoms with Gasteiger partial charge >= 0.3 is 0 Å². The molecule has 1 nitrogen and oxygen atoms in total.